The van der Waals surface area contributed by atoms with Gasteiger partial charge >= 0.3 is 0 Å². The second-order valence-corrected chi connectivity index (χ2v) is 9.88. The number of piperidine rings is 1. The van der Waals surface area contributed by atoms with Crippen molar-refractivity contribution in [3.63, 3.8) is 0 Å². The Balaban J connectivity index is 1.50. The maximum atomic E-state index is 12.6. The molecule has 1 aliphatic heterocycles. The molecule has 29 heavy (non-hydrogen) atoms. The summed E-state index contributed by atoms with van der Waals surface area (Å²) in [6.45, 7) is 9.22. The van der Waals surface area contributed by atoms with Gasteiger partial charge in [0.25, 0.3) is 0 Å². The van der Waals surface area contributed by atoms with Crippen molar-refractivity contribution in [1.82, 2.24) is 15.1 Å². The van der Waals surface area contributed by atoms with Gasteiger partial charge in [-0.3, -0.25) is 9.59 Å². The lowest BCUT2D eigenvalue weighted by Gasteiger charge is -2.35. The summed E-state index contributed by atoms with van der Waals surface area (Å²) in [5.74, 6) is 0.385. The van der Waals surface area contributed by atoms with Crippen LogP contribution in [0, 0.1) is 11.3 Å². The van der Waals surface area contributed by atoms with Gasteiger partial charge < -0.3 is 10.2 Å². The Labute approximate surface area is 176 Å². The van der Waals surface area contributed by atoms with Gasteiger partial charge in [0.2, 0.25) is 16.9 Å². The highest BCUT2D eigenvalue weighted by atomic mass is 32.1. The lowest BCUT2D eigenvalue weighted by atomic mass is 9.91. The Morgan fingerprint density at radius 1 is 1.17 bits per heavy atom. The number of hydrogen-bond donors (Lipinski definition) is 1. The Morgan fingerprint density at radius 3 is 2.45 bits per heavy atom. The summed E-state index contributed by atoms with van der Waals surface area (Å²) in [7, 11) is 0. The molecule has 156 valence electrons. The van der Waals surface area contributed by atoms with Gasteiger partial charge in [0.05, 0.1) is 0 Å². The molecule has 1 fully saturated rings. The third-order valence-corrected chi connectivity index (χ3v) is 6.20. The molecule has 0 bridgehead atoms. The van der Waals surface area contributed by atoms with Crippen molar-refractivity contribution in [3.05, 3.63) is 40.9 Å². The molecule has 6 nitrogen and oxygen atoms in total. The van der Waals surface area contributed by atoms with Crippen molar-refractivity contribution in [2.24, 2.45) is 11.3 Å². The van der Waals surface area contributed by atoms with Crippen LogP contribution in [0.1, 0.15) is 57.0 Å². The lowest BCUT2D eigenvalue weighted by molar-refractivity contribution is -0.142. The zero-order chi connectivity index (χ0) is 21.0. The van der Waals surface area contributed by atoms with E-state index in [1.165, 1.54) is 16.9 Å². The summed E-state index contributed by atoms with van der Waals surface area (Å²) < 4.78 is 0. The predicted octanol–water partition coefficient (Wildman–Crippen LogP) is 4.11. The van der Waals surface area contributed by atoms with E-state index >= 15 is 0 Å². The molecule has 1 aliphatic rings. The largest absolute Gasteiger partial charge is 0.342 e. The van der Waals surface area contributed by atoms with Gasteiger partial charge in [-0.25, -0.2) is 0 Å². The number of anilines is 1. The molecule has 1 atom stereocenters. The SMILES string of the molecule is CC(Cc1nnc(NC(=O)C2CCN(C(=O)C(C)(C)C)CC2)s1)c1ccccc1. The van der Waals surface area contributed by atoms with Gasteiger partial charge in [-0.2, -0.15) is 0 Å². The van der Waals surface area contributed by atoms with Crippen molar-refractivity contribution in [2.45, 2.75) is 52.9 Å². The van der Waals surface area contributed by atoms with Crippen LogP contribution in [0.25, 0.3) is 0 Å². The first-order valence-electron chi connectivity index (χ1n) is 10.2. The smallest absolute Gasteiger partial charge is 0.229 e. The van der Waals surface area contributed by atoms with E-state index in [-0.39, 0.29) is 23.1 Å². The molecule has 1 N–H and O–H groups in total. The predicted molar refractivity (Wildman–Crippen MR) is 116 cm³/mol. The Hall–Kier alpha value is -2.28. The molecule has 2 heterocycles. The number of carbonyl (C=O) groups is 2. The van der Waals surface area contributed by atoms with Crippen LogP contribution in [0.2, 0.25) is 0 Å². The molecule has 2 aromatic rings. The number of aromatic nitrogens is 2. The minimum absolute atomic E-state index is 0.0216. The number of benzene rings is 1. The van der Waals surface area contributed by atoms with Gasteiger partial charge in [-0.05, 0) is 24.3 Å². The highest BCUT2D eigenvalue weighted by Gasteiger charge is 2.32. The Bertz CT molecular complexity index is 836. The van der Waals surface area contributed by atoms with Crippen LogP contribution in [0.15, 0.2) is 30.3 Å². The molecule has 1 unspecified atom stereocenters. The van der Waals surface area contributed by atoms with Gasteiger partial charge in [0.1, 0.15) is 5.01 Å². The van der Waals surface area contributed by atoms with Crippen LogP contribution in [-0.4, -0.2) is 40.0 Å². The quantitative estimate of drug-likeness (QED) is 0.799. The molecule has 0 radical (unpaired) electrons. The van der Waals surface area contributed by atoms with Crippen molar-refractivity contribution in [1.29, 1.82) is 0 Å². The van der Waals surface area contributed by atoms with E-state index in [9.17, 15) is 9.59 Å². The summed E-state index contributed by atoms with van der Waals surface area (Å²) in [6.07, 6.45) is 2.17. The van der Waals surface area contributed by atoms with E-state index in [0.717, 1.165) is 11.4 Å². The fraction of sp³-hybridized carbons (Fsp3) is 0.545. The third kappa shape index (κ3) is 5.63. The number of rotatable bonds is 5. The topological polar surface area (TPSA) is 75.2 Å². The molecule has 1 aromatic carbocycles. The zero-order valence-corrected chi connectivity index (χ0v) is 18.5. The fourth-order valence-corrected chi connectivity index (χ4v) is 4.45. The van der Waals surface area contributed by atoms with Crippen molar-refractivity contribution in [2.75, 3.05) is 18.4 Å². The van der Waals surface area contributed by atoms with Crippen molar-refractivity contribution >= 4 is 28.3 Å². The first-order valence-corrected chi connectivity index (χ1v) is 11.0. The van der Waals surface area contributed by atoms with Crippen LogP contribution in [0.5, 0.6) is 0 Å². The average molecular weight is 415 g/mol. The summed E-state index contributed by atoms with van der Waals surface area (Å²) in [5, 5.41) is 12.8. The molecule has 0 aliphatic carbocycles. The van der Waals surface area contributed by atoms with E-state index in [2.05, 4.69) is 34.6 Å². The average Bonchev–Trinajstić information content (AvgIpc) is 3.14. The molecular weight excluding hydrogens is 384 g/mol. The molecule has 2 amide bonds. The molecule has 1 saturated heterocycles. The lowest BCUT2D eigenvalue weighted by Crippen LogP contribution is -2.45. The van der Waals surface area contributed by atoms with Crippen LogP contribution in [-0.2, 0) is 16.0 Å². The van der Waals surface area contributed by atoms with E-state index in [1.54, 1.807) is 0 Å². The maximum Gasteiger partial charge on any atom is 0.229 e. The van der Waals surface area contributed by atoms with Crippen LogP contribution < -0.4 is 5.32 Å². The summed E-state index contributed by atoms with van der Waals surface area (Å²) in [6, 6.07) is 10.3. The number of nitrogens with zero attached hydrogens (tertiary/aromatic N) is 3. The first-order chi connectivity index (χ1) is 13.7. The fourth-order valence-electron chi connectivity index (χ4n) is 3.57. The van der Waals surface area contributed by atoms with Gasteiger partial charge in [-0.1, -0.05) is 69.4 Å². The van der Waals surface area contributed by atoms with Crippen molar-refractivity contribution < 1.29 is 9.59 Å². The summed E-state index contributed by atoms with van der Waals surface area (Å²) in [5.41, 5.74) is 0.888. The second kappa shape index (κ2) is 9.03. The zero-order valence-electron chi connectivity index (χ0n) is 17.6. The van der Waals surface area contributed by atoms with E-state index in [1.807, 2.05) is 43.9 Å². The number of nitrogens with one attached hydrogen (secondary N) is 1. The molecule has 7 heteroatoms. The molecular formula is C22H30N4O2S. The van der Waals surface area contributed by atoms with Gasteiger partial charge in [-0.15, -0.1) is 10.2 Å². The second-order valence-electron chi connectivity index (χ2n) is 8.82. The van der Waals surface area contributed by atoms with Crippen LogP contribution in [0.3, 0.4) is 0 Å². The number of carbonyl (C=O) groups excluding carboxylic acids is 2. The van der Waals surface area contributed by atoms with Gasteiger partial charge in [0, 0.05) is 30.8 Å². The normalized spacial score (nSPS) is 16.5. The Kier molecular flexibility index (Phi) is 6.67. The van der Waals surface area contributed by atoms with Gasteiger partial charge in [0.15, 0.2) is 0 Å². The first kappa shape index (κ1) is 21.4. The Morgan fingerprint density at radius 2 is 1.83 bits per heavy atom. The molecule has 3 rings (SSSR count). The minimum Gasteiger partial charge on any atom is -0.342 e. The molecule has 0 spiro atoms. The number of likely N-dealkylation sites (tertiary alicyclic amines) is 1. The summed E-state index contributed by atoms with van der Waals surface area (Å²) >= 11 is 1.44. The number of amides is 2. The minimum atomic E-state index is -0.380. The van der Waals surface area contributed by atoms with E-state index in [4.69, 9.17) is 0 Å². The molecule has 0 saturated carbocycles. The molecule has 1 aromatic heterocycles. The monoisotopic (exact) mass is 414 g/mol. The van der Waals surface area contributed by atoms with Crippen molar-refractivity contribution in [3.8, 4) is 0 Å². The third-order valence-electron chi connectivity index (χ3n) is 5.34. The highest BCUT2D eigenvalue weighted by Crippen LogP contribution is 2.27. The van der Waals surface area contributed by atoms with Crippen LogP contribution in [0.4, 0.5) is 5.13 Å². The standard InChI is InChI=1S/C22H30N4O2S/c1-15(16-8-6-5-7-9-16)14-18-24-25-21(29-18)23-19(27)17-10-12-26(13-11-17)20(28)22(2,3)4/h5-9,15,17H,10-14H2,1-4H3,(H,23,25,27). The van der Waals surface area contributed by atoms with E-state index in [0.29, 0.717) is 37.0 Å². The highest BCUT2D eigenvalue weighted by molar-refractivity contribution is 7.15. The number of hydrogen-bond acceptors (Lipinski definition) is 5. The maximum absolute atomic E-state index is 12.6. The van der Waals surface area contributed by atoms with E-state index < -0.39 is 0 Å². The van der Waals surface area contributed by atoms with Crippen LogP contribution >= 0.6 is 11.3 Å². The summed E-state index contributed by atoms with van der Waals surface area (Å²) in [4.78, 5) is 26.9.